The van der Waals surface area contributed by atoms with Crippen LogP contribution in [0.2, 0.25) is 0 Å². The lowest BCUT2D eigenvalue weighted by Crippen LogP contribution is -1.98. The first-order valence-corrected chi connectivity index (χ1v) is 4.12. The van der Waals surface area contributed by atoms with Crippen LogP contribution in [0, 0.1) is 10.1 Å². The monoisotopic (exact) mass is 208 g/mol. The molecule has 15 heavy (non-hydrogen) atoms. The lowest BCUT2D eigenvalue weighted by atomic mass is 10.3. The van der Waals surface area contributed by atoms with E-state index in [0.29, 0.717) is 5.82 Å². The van der Waals surface area contributed by atoms with Crippen molar-refractivity contribution < 1.29 is 4.92 Å². The number of hydrogen-bond donors (Lipinski definition) is 0. The third-order valence-electron chi connectivity index (χ3n) is 1.93. The molecule has 2 aromatic rings. The summed E-state index contributed by atoms with van der Waals surface area (Å²) in [5.41, 5.74) is 0.149. The molecule has 0 aliphatic heterocycles. The molecule has 0 bridgehead atoms. The summed E-state index contributed by atoms with van der Waals surface area (Å²) in [5, 5.41) is 18.6. The Hall–Kier alpha value is -2.25. The Labute approximate surface area is 84.3 Å². The SMILES string of the molecule is Cn1cc([N+](=O)[O-])c(-c2ncnn2C)n1. The minimum absolute atomic E-state index is 0.0754. The molecule has 0 saturated carbocycles. The van der Waals surface area contributed by atoms with Crippen molar-refractivity contribution >= 4 is 5.69 Å². The van der Waals surface area contributed by atoms with E-state index in [1.165, 1.54) is 21.9 Å². The lowest BCUT2D eigenvalue weighted by molar-refractivity contribution is -0.384. The van der Waals surface area contributed by atoms with Gasteiger partial charge in [-0.1, -0.05) is 0 Å². The third-order valence-corrected chi connectivity index (χ3v) is 1.93. The van der Waals surface area contributed by atoms with Crippen LogP contribution in [-0.2, 0) is 14.1 Å². The van der Waals surface area contributed by atoms with Crippen molar-refractivity contribution in [2.45, 2.75) is 0 Å². The zero-order valence-electron chi connectivity index (χ0n) is 8.15. The predicted molar refractivity (Wildman–Crippen MR) is 49.9 cm³/mol. The van der Waals surface area contributed by atoms with Gasteiger partial charge in [-0.25, -0.2) is 9.67 Å². The zero-order valence-corrected chi connectivity index (χ0v) is 8.15. The van der Waals surface area contributed by atoms with Crippen molar-refractivity contribution in [3.8, 4) is 11.5 Å². The largest absolute Gasteiger partial charge is 0.318 e. The van der Waals surface area contributed by atoms with Crippen molar-refractivity contribution in [1.82, 2.24) is 24.5 Å². The van der Waals surface area contributed by atoms with Gasteiger partial charge in [-0.2, -0.15) is 10.2 Å². The Balaban J connectivity index is 2.62. The molecule has 0 spiro atoms. The Morgan fingerprint density at radius 1 is 1.47 bits per heavy atom. The van der Waals surface area contributed by atoms with Gasteiger partial charge in [0.1, 0.15) is 12.5 Å². The van der Waals surface area contributed by atoms with Crippen LogP contribution in [0.3, 0.4) is 0 Å². The maximum atomic E-state index is 10.7. The molecule has 0 atom stereocenters. The molecular formula is C7H8N6O2. The first-order chi connectivity index (χ1) is 7.09. The van der Waals surface area contributed by atoms with E-state index in [4.69, 9.17) is 0 Å². The Bertz CT molecular complexity index is 513. The summed E-state index contributed by atoms with van der Waals surface area (Å²) >= 11 is 0. The Kier molecular flexibility index (Phi) is 1.96. The van der Waals surface area contributed by atoms with E-state index in [-0.39, 0.29) is 11.4 Å². The van der Waals surface area contributed by atoms with Gasteiger partial charge in [-0.3, -0.25) is 14.8 Å². The molecule has 0 N–H and O–H groups in total. The highest BCUT2D eigenvalue weighted by atomic mass is 16.6. The third kappa shape index (κ3) is 1.45. The molecule has 2 aromatic heterocycles. The molecule has 0 amide bonds. The van der Waals surface area contributed by atoms with Crippen LogP contribution in [0.5, 0.6) is 0 Å². The van der Waals surface area contributed by atoms with Crippen molar-refractivity contribution in [1.29, 1.82) is 0 Å². The summed E-state index contributed by atoms with van der Waals surface area (Å²) in [6.07, 6.45) is 2.66. The van der Waals surface area contributed by atoms with Crippen LogP contribution >= 0.6 is 0 Å². The fourth-order valence-electron chi connectivity index (χ4n) is 1.28. The second kappa shape index (κ2) is 3.15. The van der Waals surface area contributed by atoms with Crippen LogP contribution in [-0.4, -0.2) is 29.5 Å². The summed E-state index contributed by atoms with van der Waals surface area (Å²) in [4.78, 5) is 14.2. The second-order valence-corrected chi connectivity index (χ2v) is 3.00. The van der Waals surface area contributed by atoms with E-state index in [1.54, 1.807) is 14.1 Å². The summed E-state index contributed by atoms with van der Waals surface area (Å²) < 4.78 is 2.82. The topological polar surface area (TPSA) is 91.7 Å². The molecule has 0 saturated heterocycles. The Morgan fingerprint density at radius 3 is 2.73 bits per heavy atom. The fourth-order valence-corrected chi connectivity index (χ4v) is 1.28. The van der Waals surface area contributed by atoms with E-state index in [1.807, 2.05) is 0 Å². The molecule has 0 aliphatic rings. The predicted octanol–water partition coefficient (Wildman–Crippen LogP) is 0.124. The maximum absolute atomic E-state index is 10.7. The number of rotatable bonds is 2. The minimum Gasteiger partial charge on any atom is -0.268 e. The molecule has 8 nitrogen and oxygen atoms in total. The highest BCUT2D eigenvalue weighted by Gasteiger charge is 2.23. The maximum Gasteiger partial charge on any atom is 0.318 e. The van der Waals surface area contributed by atoms with Gasteiger partial charge < -0.3 is 0 Å². The van der Waals surface area contributed by atoms with Crippen LogP contribution in [0.4, 0.5) is 5.69 Å². The first kappa shape index (κ1) is 9.31. The quantitative estimate of drug-likeness (QED) is 0.516. The molecule has 2 rings (SSSR count). The van der Waals surface area contributed by atoms with Gasteiger partial charge in [-0.05, 0) is 0 Å². The van der Waals surface area contributed by atoms with Crippen LogP contribution < -0.4 is 0 Å². The average Bonchev–Trinajstić information content (AvgIpc) is 2.71. The number of aryl methyl sites for hydroxylation is 2. The zero-order chi connectivity index (χ0) is 11.0. The second-order valence-electron chi connectivity index (χ2n) is 3.00. The summed E-state index contributed by atoms with van der Waals surface area (Å²) in [7, 11) is 3.27. The van der Waals surface area contributed by atoms with E-state index in [2.05, 4.69) is 15.2 Å². The number of nitrogens with zero attached hydrogens (tertiary/aromatic N) is 6. The highest BCUT2D eigenvalue weighted by Crippen LogP contribution is 2.25. The smallest absolute Gasteiger partial charge is 0.268 e. The number of hydrogen-bond acceptors (Lipinski definition) is 5. The average molecular weight is 208 g/mol. The summed E-state index contributed by atoms with van der Waals surface area (Å²) in [6, 6.07) is 0. The van der Waals surface area contributed by atoms with Crippen molar-refractivity contribution in [2.24, 2.45) is 14.1 Å². The fraction of sp³-hybridized carbons (Fsp3) is 0.286. The molecule has 0 aromatic carbocycles. The van der Waals surface area contributed by atoms with Crippen LogP contribution in [0.1, 0.15) is 0 Å². The molecule has 0 fully saturated rings. The summed E-state index contributed by atoms with van der Waals surface area (Å²) in [5.74, 6) is 0.377. The van der Waals surface area contributed by atoms with Gasteiger partial charge >= 0.3 is 5.69 Å². The minimum atomic E-state index is -0.489. The summed E-state index contributed by atoms with van der Waals surface area (Å²) in [6.45, 7) is 0. The van der Waals surface area contributed by atoms with E-state index in [9.17, 15) is 10.1 Å². The normalized spacial score (nSPS) is 10.5. The van der Waals surface area contributed by atoms with Gasteiger partial charge in [0, 0.05) is 14.1 Å². The highest BCUT2D eigenvalue weighted by molar-refractivity contribution is 5.62. The first-order valence-electron chi connectivity index (χ1n) is 4.12. The van der Waals surface area contributed by atoms with Gasteiger partial charge in [0.2, 0.25) is 5.69 Å². The Morgan fingerprint density at radius 2 is 2.20 bits per heavy atom. The molecule has 0 radical (unpaired) electrons. The molecule has 8 heteroatoms. The van der Waals surface area contributed by atoms with Crippen molar-refractivity contribution in [2.75, 3.05) is 0 Å². The number of aromatic nitrogens is 5. The standard InChI is InChI=1S/C7H8N6O2/c1-11-3-5(13(14)15)6(10-11)7-8-4-9-12(7)2/h3-4H,1-2H3. The molecule has 0 aliphatic carbocycles. The van der Waals surface area contributed by atoms with Crippen molar-refractivity contribution in [3.05, 3.63) is 22.6 Å². The molecule has 0 unspecified atom stereocenters. The molecule has 78 valence electrons. The van der Waals surface area contributed by atoms with Gasteiger partial charge in [0.15, 0.2) is 5.82 Å². The van der Waals surface area contributed by atoms with Gasteiger partial charge in [-0.15, -0.1) is 0 Å². The van der Waals surface area contributed by atoms with Crippen molar-refractivity contribution in [3.63, 3.8) is 0 Å². The lowest BCUT2D eigenvalue weighted by Gasteiger charge is -1.94. The van der Waals surface area contributed by atoms with Crippen LogP contribution in [0.15, 0.2) is 12.5 Å². The van der Waals surface area contributed by atoms with Gasteiger partial charge in [0.25, 0.3) is 0 Å². The molecule has 2 heterocycles. The molecular weight excluding hydrogens is 200 g/mol. The van der Waals surface area contributed by atoms with E-state index in [0.717, 1.165) is 0 Å². The van der Waals surface area contributed by atoms with E-state index >= 15 is 0 Å². The van der Waals surface area contributed by atoms with Gasteiger partial charge in [0.05, 0.1) is 4.92 Å². The van der Waals surface area contributed by atoms with E-state index < -0.39 is 4.92 Å². The number of nitro groups is 1. The van der Waals surface area contributed by atoms with Crippen LogP contribution in [0.25, 0.3) is 11.5 Å².